The molecule has 0 aliphatic heterocycles. The predicted molar refractivity (Wildman–Crippen MR) is 52.7 cm³/mol. The molecule has 5 heteroatoms. The molecule has 0 atom stereocenters. The van der Waals surface area contributed by atoms with Gasteiger partial charge in [-0.25, -0.2) is 0 Å². The molecule has 0 aromatic carbocycles. The van der Waals surface area contributed by atoms with Gasteiger partial charge in [-0.15, -0.1) is 10.2 Å². The zero-order valence-electron chi connectivity index (χ0n) is 6.33. The van der Waals surface area contributed by atoms with Gasteiger partial charge in [0, 0.05) is 5.41 Å². The molecule has 0 aliphatic carbocycles. The Balaban J connectivity index is 2.92. The van der Waals surface area contributed by atoms with Gasteiger partial charge in [0.2, 0.25) is 0 Å². The van der Waals surface area contributed by atoms with Crippen LogP contribution in [0.25, 0.3) is 0 Å². The van der Waals surface area contributed by atoms with Crippen LogP contribution in [0.2, 0.25) is 0 Å². The van der Waals surface area contributed by atoms with Gasteiger partial charge in [-0.3, -0.25) is 0 Å². The van der Waals surface area contributed by atoms with Crippen molar-refractivity contribution in [3.63, 3.8) is 0 Å². The summed E-state index contributed by atoms with van der Waals surface area (Å²) in [6, 6.07) is 0. The summed E-state index contributed by atoms with van der Waals surface area (Å²) in [6.45, 7) is 4.01. The van der Waals surface area contributed by atoms with Gasteiger partial charge in [0.05, 0.1) is 6.61 Å². The van der Waals surface area contributed by atoms with Crippen LogP contribution in [-0.2, 0) is 5.41 Å². The van der Waals surface area contributed by atoms with E-state index in [4.69, 9.17) is 5.11 Å². The molecule has 0 saturated heterocycles. The second-order valence-electron chi connectivity index (χ2n) is 2.90. The topological polar surface area (TPSA) is 46.0 Å². The molecular weight excluding hydrogens is 275 g/mol. The van der Waals surface area contributed by atoms with Gasteiger partial charge in [0.1, 0.15) is 5.01 Å². The highest BCUT2D eigenvalue weighted by atomic mass is 127. The van der Waals surface area contributed by atoms with E-state index in [0.29, 0.717) is 0 Å². The monoisotopic (exact) mass is 284 g/mol. The van der Waals surface area contributed by atoms with Crippen LogP contribution in [-0.4, -0.2) is 21.9 Å². The maximum absolute atomic E-state index is 8.99. The van der Waals surface area contributed by atoms with Crippen molar-refractivity contribution in [3.8, 4) is 0 Å². The molecule has 1 heterocycles. The zero-order chi connectivity index (χ0) is 8.48. The standard InChI is InChI=1S/C6H9IN2OS/c1-6(2,3-10)4-8-9-5(7)11-4/h10H,3H2,1-2H3. The van der Waals surface area contributed by atoms with Crippen molar-refractivity contribution in [1.82, 2.24) is 10.2 Å². The number of hydrogen-bond donors (Lipinski definition) is 1. The second-order valence-corrected chi connectivity index (χ2v) is 5.63. The molecular formula is C6H9IN2OS. The maximum Gasteiger partial charge on any atom is 0.178 e. The Morgan fingerprint density at radius 3 is 2.55 bits per heavy atom. The molecule has 0 bridgehead atoms. The molecule has 11 heavy (non-hydrogen) atoms. The Kier molecular flexibility index (Phi) is 2.82. The number of aromatic nitrogens is 2. The van der Waals surface area contributed by atoms with E-state index < -0.39 is 0 Å². The highest BCUT2D eigenvalue weighted by Crippen LogP contribution is 2.25. The molecule has 0 saturated carbocycles. The maximum atomic E-state index is 8.99. The predicted octanol–water partition coefficient (Wildman–Crippen LogP) is 1.41. The first kappa shape index (κ1) is 9.34. The summed E-state index contributed by atoms with van der Waals surface area (Å²) in [5.74, 6) is 0. The molecule has 0 fully saturated rings. The Labute approximate surface area is 83.0 Å². The van der Waals surface area contributed by atoms with E-state index in [1.807, 2.05) is 13.8 Å². The summed E-state index contributed by atoms with van der Waals surface area (Å²) in [5, 5.41) is 17.7. The van der Waals surface area contributed by atoms with Crippen LogP contribution in [0.1, 0.15) is 18.9 Å². The third-order valence-electron chi connectivity index (χ3n) is 1.37. The lowest BCUT2D eigenvalue weighted by Crippen LogP contribution is -2.21. The highest BCUT2D eigenvalue weighted by Gasteiger charge is 2.23. The third kappa shape index (κ3) is 2.09. The third-order valence-corrected chi connectivity index (χ3v) is 3.33. The minimum absolute atomic E-state index is 0.109. The Morgan fingerprint density at radius 1 is 1.55 bits per heavy atom. The van der Waals surface area contributed by atoms with Gasteiger partial charge in [0.25, 0.3) is 0 Å². The van der Waals surface area contributed by atoms with Gasteiger partial charge >= 0.3 is 0 Å². The van der Waals surface area contributed by atoms with Crippen LogP contribution >= 0.6 is 33.9 Å². The van der Waals surface area contributed by atoms with E-state index in [1.165, 1.54) is 11.3 Å². The number of halogens is 1. The quantitative estimate of drug-likeness (QED) is 0.835. The summed E-state index contributed by atoms with van der Waals surface area (Å²) in [7, 11) is 0. The van der Waals surface area contributed by atoms with Crippen LogP contribution in [0, 0.1) is 3.01 Å². The van der Waals surface area contributed by atoms with Gasteiger partial charge in [-0.1, -0.05) is 25.2 Å². The fourth-order valence-corrected chi connectivity index (χ4v) is 1.94. The van der Waals surface area contributed by atoms with Gasteiger partial charge in [-0.2, -0.15) is 0 Å². The van der Waals surface area contributed by atoms with E-state index >= 15 is 0 Å². The average Bonchev–Trinajstić information content (AvgIpc) is 2.36. The number of nitrogens with zero attached hydrogens (tertiary/aromatic N) is 2. The van der Waals surface area contributed by atoms with Crippen molar-refractivity contribution in [1.29, 1.82) is 0 Å². The van der Waals surface area contributed by atoms with Crippen LogP contribution in [0.4, 0.5) is 0 Å². The SMILES string of the molecule is CC(C)(CO)c1nnc(I)s1. The van der Waals surface area contributed by atoms with Crippen LogP contribution in [0.3, 0.4) is 0 Å². The molecule has 0 aliphatic rings. The molecule has 1 N–H and O–H groups in total. The summed E-state index contributed by atoms with van der Waals surface area (Å²) in [4.78, 5) is 0. The molecule has 1 aromatic rings. The Bertz CT molecular complexity index is 248. The summed E-state index contributed by atoms with van der Waals surface area (Å²) in [5.41, 5.74) is -0.249. The summed E-state index contributed by atoms with van der Waals surface area (Å²) in [6.07, 6.45) is 0. The van der Waals surface area contributed by atoms with Gasteiger partial charge in [0.15, 0.2) is 3.01 Å². The fraction of sp³-hybridized carbons (Fsp3) is 0.667. The van der Waals surface area contributed by atoms with Crippen LogP contribution in [0.5, 0.6) is 0 Å². The molecule has 0 amide bonds. The Hall–Kier alpha value is 0.250. The molecule has 0 radical (unpaired) electrons. The fourth-order valence-electron chi connectivity index (χ4n) is 0.546. The molecule has 0 unspecified atom stereocenters. The molecule has 1 aromatic heterocycles. The number of rotatable bonds is 2. The van der Waals surface area contributed by atoms with E-state index in [0.717, 1.165) is 8.02 Å². The smallest absolute Gasteiger partial charge is 0.178 e. The van der Waals surface area contributed by atoms with Crippen molar-refractivity contribution in [2.75, 3.05) is 6.61 Å². The largest absolute Gasteiger partial charge is 0.395 e. The Morgan fingerprint density at radius 2 is 2.18 bits per heavy atom. The zero-order valence-corrected chi connectivity index (χ0v) is 9.31. The molecule has 62 valence electrons. The minimum atomic E-state index is -0.249. The number of aliphatic hydroxyl groups excluding tert-OH is 1. The lowest BCUT2D eigenvalue weighted by molar-refractivity contribution is 0.217. The van der Waals surface area contributed by atoms with Crippen molar-refractivity contribution in [2.24, 2.45) is 0 Å². The summed E-state index contributed by atoms with van der Waals surface area (Å²) >= 11 is 3.64. The highest BCUT2D eigenvalue weighted by molar-refractivity contribution is 14.1. The first-order valence-corrected chi connectivity index (χ1v) is 5.06. The first-order valence-electron chi connectivity index (χ1n) is 3.16. The lowest BCUT2D eigenvalue weighted by Gasteiger charge is -2.16. The van der Waals surface area contributed by atoms with Gasteiger partial charge < -0.3 is 5.11 Å². The normalized spacial score (nSPS) is 12.0. The lowest BCUT2D eigenvalue weighted by atomic mass is 9.96. The van der Waals surface area contributed by atoms with Crippen molar-refractivity contribution >= 4 is 33.9 Å². The van der Waals surface area contributed by atoms with E-state index in [9.17, 15) is 0 Å². The van der Waals surface area contributed by atoms with E-state index in [2.05, 4.69) is 32.8 Å². The number of hydrogen-bond acceptors (Lipinski definition) is 4. The van der Waals surface area contributed by atoms with Crippen LogP contribution < -0.4 is 0 Å². The average molecular weight is 284 g/mol. The second kappa shape index (κ2) is 3.32. The van der Waals surface area contributed by atoms with Crippen molar-refractivity contribution in [2.45, 2.75) is 19.3 Å². The first-order chi connectivity index (χ1) is 5.06. The van der Waals surface area contributed by atoms with E-state index in [-0.39, 0.29) is 12.0 Å². The molecule has 0 spiro atoms. The van der Waals surface area contributed by atoms with Crippen LogP contribution in [0.15, 0.2) is 0 Å². The van der Waals surface area contributed by atoms with Crippen molar-refractivity contribution < 1.29 is 5.11 Å². The van der Waals surface area contributed by atoms with Gasteiger partial charge in [-0.05, 0) is 22.6 Å². The number of aliphatic hydroxyl groups is 1. The van der Waals surface area contributed by atoms with Crippen molar-refractivity contribution in [3.05, 3.63) is 8.02 Å². The van der Waals surface area contributed by atoms with E-state index in [1.54, 1.807) is 0 Å². The molecule has 1 rings (SSSR count). The molecule has 3 nitrogen and oxygen atoms in total. The summed E-state index contributed by atoms with van der Waals surface area (Å²) < 4.78 is 0.916. The minimum Gasteiger partial charge on any atom is -0.395 e.